The van der Waals surface area contributed by atoms with E-state index in [0.717, 1.165) is 22.3 Å². The zero-order valence-corrected chi connectivity index (χ0v) is 25.3. The van der Waals surface area contributed by atoms with E-state index in [9.17, 15) is 23.6 Å². The maximum atomic E-state index is 13.6. The van der Waals surface area contributed by atoms with Crippen molar-refractivity contribution in [2.75, 3.05) is 6.61 Å². The number of rotatable bonds is 12. The van der Waals surface area contributed by atoms with Gasteiger partial charge in [-0.2, -0.15) is 4.79 Å². The van der Waals surface area contributed by atoms with Crippen LogP contribution in [0.25, 0.3) is 16.7 Å². The smallest absolute Gasteiger partial charge is 0.407 e. The van der Waals surface area contributed by atoms with Crippen LogP contribution >= 0.6 is 0 Å². The zero-order chi connectivity index (χ0) is 32.6. The number of alkyl carbamates (subject to hydrolysis) is 1. The van der Waals surface area contributed by atoms with Crippen LogP contribution in [-0.4, -0.2) is 59.0 Å². The lowest BCUT2D eigenvalue weighted by molar-refractivity contribution is -0.159. The topological polar surface area (TPSA) is 147 Å². The normalized spacial score (nSPS) is 13.3. The van der Waals surface area contributed by atoms with Crippen molar-refractivity contribution >= 4 is 30.0 Å². The molecule has 0 spiro atoms. The van der Waals surface area contributed by atoms with Crippen molar-refractivity contribution in [3.63, 3.8) is 0 Å². The molecule has 0 aromatic heterocycles. The van der Waals surface area contributed by atoms with Gasteiger partial charge in [-0.25, -0.2) is 14.0 Å². The van der Waals surface area contributed by atoms with Gasteiger partial charge in [0.1, 0.15) is 30.1 Å². The summed E-state index contributed by atoms with van der Waals surface area (Å²) in [6.45, 7) is 4.98. The van der Waals surface area contributed by atoms with Crippen molar-refractivity contribution < 1.29 is 37.8 Å². The summed E-state index contributed by atoms with van der Waals surface area (Å²) in [7, 11) is 0. The fourth-order valence-corrected chi connectivity index (χ4v) is 5.16. The number of esters is 1. The summed E-state index contributed by atoms with van der Waals surface area (Å²) in [5, 5.41) is 5.17. The van der Waals surface area contributed by atoms with Crippen LogP contribution in [0.2, 0.25) is 0 Å². The molecule has 3 aromatic rings. The third-order valence-corrected chi connectivity index (χ3v) is 7.19. The summed E-state index contributed by atoms with van der Waals surface area (Å²) in [6, 6.07) is 18.7. The van der Waals surface area contributed by atoms with Gasteiger partial charge >= 0.3 is 18.3 Å². The number of ether oxygens (including phenoxy) is 2. The van der Waals surface area contributed by atoms with Crippen LogP contribution in [0, 0.1) is 5.82 Å². The van der Waals surface area contributed by atoms with E-state index in [1.54, 1.807) is 20.8 Å². The van der Waals surface area contributed by atoms with E-state index >= 15 is 0 Å². The fourth-order valence-electron chi connectivity index (χ4n) is 5.16. The molecule has 0 unspecified atom stereocenters. The van der Waals surface area contributed by atoms with Crippen molar-refractivity contribution in [1.82, 2.24) is 10.6 Å². The van der Waals surface area contributed by atoms with E-state index in [-0.39, 0.29) is 31.8 Å². The number of benzene rings is 3. The van der Waals surface area contributed by atoms with Crippen LogP contribution in [0.5, 0.6) is 0 Å². The van der Waals surface area contributed by atoms with E-state index < -0.39 is 47.3 Å². The molecule has 45 heavy (non-hydrogen) atoms. The number of hydrogen-bond donors (Lipinski definition) is 2. The Morgan fingerprint density at radius 1 is 0.911 bits per heavy atom. The highest BCUT2D eigenvalue weighted by Gasteiger charge is 2.32. The summed E-state index contributed by atoms with van der Waals surface area (Å²) in [4.78, 5) is 54.3. The van der Waals surface area contributed by atoms with E-state index in [4.69, 9.17) is 15.0 Å². The molecular formula is C34H35FN4O6. The van der Waals surface area contributed by atoms with E-state index in [2.05, 4.69) is 15.4 Å². The molecule has 0 fully saturated rings. The number of carbonyl (C=O) groups is 4. The van der Waals surface area contributed by atoms with Crippen molar-refractivity contribution in [2.45, 2.75) is 63.6 Å². The predicted molar refractivity (Wildman–Crippen MR) is 164 cm³/mol. The van der Waals surface area contributed by atoms with Gasteiger partial charge in [0.25, 0.3) is 0 Å². The van der Waals surface area contributed by atoms with Crippen molar-refractivity contribution in [2.24, 2.45) is 0 Å². The molecule has 10 nitrogen and oxygen atoms in total. The lowest BCUT2D eigenvalue weighted by Crippen LogP contribution is -2.53. The second kappa shape index (κ2) is 14.5. The van der Waals surface area contributed by atoms with Crippen LogP contribution in [0.15, 0.2) is 72.8 Å². The Labute approximate surface area is 260 Å². The number of amides is 2. The lowest BCUT2D eigenvalue weighted by Gasteiger charge is -2.26. The molecule has 234 valence electrons. The Hall–Kier alpha value is -5.15. The highest BCUT2D eigenvalue weighted by molar-refractivity contribution is 6.25. The van der Waals surface area contributed by atoms with E-state index in [1.807, 2.05) is 48.5 Å². The number of fused-ring (bicyclic) bond motifs is 3. The van der Waals surface area contributed by atoms with Gasteiger partial charge in [-0.3, -0.25) is 9.59 Å². The SMILES string of the molecule is CC(C)(C)OC(=O)[C@H](CCC(=O)C=[N+]=[N-])NC(=O)[C@H](Cc1ccc(F)cc1)NC(=O)OCC1c2ccccc2-c2ccccc21. The quantitative estimate of drug-likeness (QED) is 0.130. The number of carbonyl (C=O) groups excluding carboxylic acids is 4. The molecule has 0 heterocycles. The van der Waals surface area contributed by atoms with Crippen molar-refractivity contribution in [3.8, 4) is 11.1 Å². The minimum atomic E-state index is -1.26. The number of halogens is 1. The second-order valence-electron chi connectivity index (χ2n) is 11.7. The number of Topliss-reactive ketones (excluding diaryl/α,β-unsaturated/α-hetero) is 1. The molecule has 0 saturated heterocycles. The first-order chi connectivity index (χ1) is 21.4. The first-order valence-corrected chi connectivity index (χ1v) is 14.5. The third kappa shape index (κ3) is 8.93. The van der Waals surface area contributed by atoms with E-state index in [1.165, 1.54) is 24.3 Å². The average Bonchev–Trinajstić information content (AvgIpc) is 3.31. The van der Waals surface area contributed by atoms with Crippen LogP contribution in [0.4, 0.5) is 9.18 Å². The van der Waals surface area contributed by atoms with Gasteiger partial charge in [-0.15, -0.1) is 0 Å². The predicted octanol–water partition coefficient (Wildman–Crippen LogP) is 4.75. The Balaban J connectivity index is 1.50. The fraction of sp³-hybridized carbons (Fsp3) is 0.324. The Bertz CT molecular complexity index is 1570. The summed E-state index contributed by atoms with van der Waals surface area (Å²) in [5.74, 6) is -2.77. The van der Waals surface area contributed by atoms with Crippen LogP contribution in [0.3, 0.4) is 0 Å². The maximum absolute atomic E-state index is 13.6. The molecule has 0 bridgehead atoms. The van der Waals surface area contributed by atoms with Gasteiger partial charge in [0.05, 0.1) is 0 Å². The van der Waals surface area contributed by atoms with Gasteiger partial charge in [-0.1, -0.05) is 60.7 Å². The van der Waals surface area contributed by atoms with Crippen molar-refractivity contribution in [3.05, 3.63) is 101 Å². The van der Waals surface area contributed by atoms with Crippen LogP contribution in [-0.2, 0) is 30.3 Å². The molecule has 2 atom stereocenters. The van der Waals surface area contributed by atoms with Crippen molar-refractivity contribution in [1.29, 1.82) is 0 Å². The van der Waals surface area contributed by atoms with E-state index in [0.29, 0.717) is 11.8 Å². The minimum Gasteiger partial charge on any atom is -0.458 e. The molecule has 0 radical (unpaired) electrons. The average molecular weight is 615 g/mol. The molecule has 4 rings (SSSR count). The summed E-state index contributed by atoms with van der Waals surface area (Å²) < 4.78 is 24.7. The standard InChI is InChI=1S/C34H35FN4O6/c1-34(2,3)45-32(42)29(17-16-23(40)19-37-36)38-31(41)30(18-21-12-14-22(35)15-13-21)39-33(43)44-20-28-26-10-6-4-8-24(26)25-9-5-7-11-27(25)28/h4-15,19,28-30H,16-18,20H2,1-3H3,(H,38,41)(H,39,43)/t29-,30-/m0/s1. The maximum Gasteiger partial charge on any atom is 0.407 e. The largest absolute Gasteiger partial charge is 0.458 e. The molecule has 11 heteroatoms. The second-order valence-corrected chi connectivity index (χ2v) is 11.7. The Morgan fingerprint density at radius 3 is 2.09 bits per heavy atom. The Morgan fingerprint density at radius 2 is 1.51 bits per heavy atom. The molecule has 1 aliphatic rings. The minimum absolute atomic E-state index is 0.0137. The monoisotopic (exact) mass is 614 g/mol. The lowest BCUT2D eigenvalue weighted by atomic mass is 9.98. The summed E-state index contributed by atoms with van der Waals surface area (Å²) >= 11 is 0. The first-order valence-electron chi connectivity index (χ1n) is 14.5. The molecule has 2 amide bonds. The van der Waals surface area contributed by atoms with Gasteiger partial charge in [0.2, 0.25) is 11.7 Å². The molecular weight excluding hydrogens is 579 g/mol. The number of hydrogen-bond acceptors (Lipinski definition) is 6. The molecule has 2 N–H and O–H groups in total. The van der Waals surface area contributed by atoms with Gasteiger partial charge < -0.3 is 25.6 Å². The molecule has 3 aromatic carbocycles. The molecule has 0 saturated carbocycles. The third-order valence-electron chi connectivity index (χ3n) is 7.19. The van der Waals surface area contributed by atoms with Gasteiger partial charge in [0.15, 0.2) is 0 Å². The molecule has 1 aliphatic carbocycles. The number of nitrogens with zero attached hydrogens (tertiary/aromatic N) is 2. The number of nitrogens with one attached hydrogen (secondary N) is 2. The highest BCUT2D eigenvalue weighted by atomic mass is 19.1. The Kier molecular flexibility index (Phi) is 10.6. The number of ketones is 1. The first kappa shape index (κ1) is 32.8. The van der Waals surface area contributed by atoms with Gasteiger partial charge in [-0.05, 0) is 67.1 Å². The molecule has 0 aliphatic heterocycles. The summed E-state index contributed by atoms with van der Waals surface area (Å²) in [6.07, 6.45) is -0.587. The van der Waals surface area contributed by atoms with Crippen LogP contribution in [0.1, 0.15) is 56.2 Å². The zero-order valence-electron chi connectivity index (χ0n) is 25.3. The van der Waals surface area contributed by atoms with Gasteiger partial charge in [0, 0.05) is 18.8 Å². The summed E-state index contributed by atoms with van der Waals surface area (Å²) in [5.41, 5.74) is 12.5. The highest BCUT2D eigenvalue weighted by Crippen LogP contribution is 2.44. The van der Waals surface area contributed by atoms with Crippen LogP contribution < -0.4 is 10.6 Å².